The number of nitrogens with zero attached hydrogens (tertiary/aromatic N) is 1. The number of aliphatic hydroxyl groups is 3. The van der Waals surface area contributed by atoms with Crippen LogP contribution in [0.4, 0.5) is 0 Å². The van der Waals surface area contributed by atoms with E-state index in [1.807, 2.05) is 12.1 Å². The van der Waals surface area contributed by atoms with Gasteiger partial charge in [-0.1, -0.05) is 6.07 Å². The minimum absolute atomic E-state index is 0.0219. The van der Waals surface area contributed by atoms with Crippen LogP contribution in [0.25, 0.3) is 0 Å². The van der Waals surface area contributed by atoms with Gasteiger partial charge in [0.25, 0.3) is 11.8 Å². The van der Waals surface area contributed by atoms with Gasteiger partial charge in [-0.2, -0.15) is 0 Å². The first-order chi connectivity index (χ1) is 21.8. The lowest BCUT2D eigenvalue weighted by Gasteiger charge is -2.39. The van der Waals surface area contributed by atoms with Crippen LogP contribution in [0, 0.1) is 5.41 Å². The average molecular weight is 651 g/mol. The minimum atomic E-state index is -1.49. The molecule has 14 heteroatoms. The lowest BCUT2D eigenvalue weighted by Crippen LogP contribution is -2.58. The molecule has 5 atom stereocenters. The van der Waals surface area contributed by atoms with Crippen molar-refractivity contribution in [1.82, 2.24) is 10.2 Å². The fraction of sp³-hybridized carbons (Fsp3) is 0.625. The van der Waals surface area contributed by atoms with Crippen LogP contribution in [0.5, 0.6) is 5.75 Å². The summed E-state index contributed by atoms with van der Waals surface area (Å²) in [4.78, 5) is 48.3. The second-order valence-electron chi connectivity index (χ2n) is 12.2. The highest BCUT2D eigenvalue weighted by molar-refractivity contribution is 6.13. The van der Waals surface area contributed by atoms with Crippen LogP contribution in [0.1, 0.15) is 51.7 Å². The van der Waals surface area contributed by atoms with Crippen LogP contribution in [0.2, 0.25) is 0 Å². The van der Waals surface area contributed by atoms with E-state index < -0.39 is 53.9 Å². The highest BCUT2D eigenvalue weighted by Crippen LogP contribution is 2.29. The Hall–Kier alpha value is -3.40. The minimum Gasteiger partial charge on any atom is -0.462 e. The Bertz CT molecular complexity index is 1210. The molecule has 0 aromatic heterocycles. The van der Waals surface area contributed by atoms with Crippen molar-refractivity contribution in [2.45, 2.75) is 84.3 Å². The smallest absolute Gasteiger partial charge is 0.311 e. The molecule has 0 spiro atoms. The summed E-state index contributed by atoms with van der Waals surface area (Å²) < 4.78 is 28.1. The van der Waals surface area contributed by atoms with E-state index in [1.54, 1.807) is 33.8 Å². The Balaban J connectivity index is 1.37. The predicted molar refractivity (Wildman–Crippen MR) is 162 cm³/mol. The quantitative estimate of drug-likeness (QED) is 0.103. The summed E-state index contributed by atoms with van der Waals surface area (Å²) >= 11 is 0. The number of hydrogen-bond donors (Lipinski definition) is 4. The van der Waals surface area contributed by atoms with Gasteiger partial charge >= 0.3 is 5.97 Å². The van der Waals surface area contributed by atoms with E-state index in [0.717, 1.165) is 10.5 Å². The van der Waals surface area contributed by atoms with Gasteiger partial charge in [0.2, 0.25) is 12.2 Å². The first kappa shape index (κ1) is 37.1. The van der Waals surface area contributed by atoms with Crippen molar-refractivity contribution in [3.63, 3.8) is 0 Å². The average Bonchev–Trinajstić information content (AvgIpc) is 3.33. The summed E-state index contributed by atoms with van der Waals surface area (Å²) in [5.74, 6) is -1.20. The molecule has 1 saturated heterocycles. The highest BCUT2D eigenvalue weighted by Gasteiger charge is 2.43. The molecule has 2 aliphatic rings. The number of ether oxygens (including phenoxy) is 5. The molecule has 0 bridgehead atoms. The number of amides is 3. The summed E-state index contributed by atoms with van der Waals surface area (Å²) in [6.07, 6.45) is -2.47. The summed E-state index contributed by atoms with van der Waals surface area (Å²) in [6, 6.07) is 5.36. The number of nitrogens with one attached hydrogen (secondary N) is 1. The van der Waals surface area contributed by atoms with Gasteiger partial charge in [-0.25, -0.2) is 0 Å². The molecule has 2 heterocycles. The Kier molecular flexibility index (Phi) is 14.1. The molecule has 1 aromatic carbocycles. The van der Waals surface area contributed by atoms with Crippen molar-refractivity contribution < 1.29 is 58.2 Å². The normalized spacial score (nSPS) is 23.1. The van der Waals surface area contributed by atoms with Crippen LogP contribution < -0.4 is 10.1 Å². The predicted octanol–water partition coefficient (Wildman–Crippen LogP) is 0.379. The maximum absolute atomic E-state index is 12.4. The van der Waals surface area contributed by atoms with E-state index in [2.05, 4.69) is 5.32 Å². The van der Waals surface area contributed by atoms with Gasteiger partial charge in [-0.3, -0.25) is 24.1 Å². The van der Waals surface area contributed by atoms with Crippen molar-refractivity contribution in [3.05, 3.63) is 41.5 Å². The maximum atomic E-state index is 12.4. The van der Waals surface area contributed by atoms with E-state index in [1.165, 1.54) is 12.2 Å². The lowest BCUT2D eigenvalue weighted by molar-refractivity contribution is -0.268. The zero-order valence-corrected chi connectivity index (χ0v) is 26.8. The number of aliphatic hydroxyl groups excluding tert-OH is 3. The molecule has 0 unspecified atom stereocenters. The molecule has 3 rings (SSSR count). The molecule has 1 fully saturated rings. The molecule has 14 nitrogen and oxygen atoms in total. The van der Waals surface area contributed by atoms with Gasteiger partial charge in [-0.05, 0) is 58.2 Å². The zero-order valence-electron chi connectivity index (χ0n) is 26.8. The fourth-order valence-electron chi connectivity index (χ4n) is 4.53. The van der Waals surface area contributed by atoms with Gasteiger partial charge in [0.15, 0.2) is 0 Å². The summed E-state index contributed by atoms with van der Waals surface area (Å²) in [7, 11) is 0. The molecule has 0 radical (unpaired) electrons. The van der Waals surface area contributed by atoms with Crippen LogP contribution in [0.3, 0.4) is 0 Å². The third-order valence-corrected chi connectivity index (χ3v) is 7.31. The van der Waals surface area contributed by atoms with Gasteiger partial charge in [0, 0.05) is 43.8 Å². The van der Waals surface area contributed by atoms with Gasteiger partial charge in [0.05, 0.1) is 31.3 Å². The zero-order chi connectivity index (χ0) is 33.9. The van der Waals surface area contributed by atoms with Crippen LogP contribution >= 0.6 is 0 Å². The Morgan fingerprint density at radius 2 is 1.63 bits per heavy atom. The number of carbonyl (C=O) groups excluding carboxylic acids is 4. The Morgan fingerprint density at radius 1 is 0.957 bits per heavy atom. The molecule has 46 heavy (non-hydrogen) atoms. The SMILES string of the molecule is C[C@H]1O[C@@H](Oc2ccc(CCCOCCOCCNC(=O)CCN3C(=O)C=CC3=O)cc2COC(=O)C(C)(C)C)[C@H](O)[C@@H](O)[C@@H]1O. The second-order valence-corrected chi connectivity index (χ2v) is 12.2. The molecular formula is C32H46N2O12. The third kappa shape index (κ3) is 11.1. The van der Waals surface area contributed by atoms with Crippen molar-refractivity contribution >= 4 is 23.7 Å². The van der Waals surface area contributed by atoms with Crippen molar-refractivity contribution in [2.75, 3.05) is 39.5 Å². The van der Waals surface area contributed by atoms with Crippen molar-refractivity contribution in [3.8, 4) is 5.75 Å². The summed E-state index contributed by atoms with van der Waals surface area (Å²) in [5, 5.41) is 33.2. The molecule has 1 aromatic rings. The molecular weight excluding hydrogens is 604 g/mol. The number of carbonyl (C=O) groups is 4. The van der Waals surface area contributed by atoms with E-state index in [9.17, 15) is 34.5 Å². The number of benzene rings is 1. The topological polar surface area (TPSA) is 190 Å². The molecule has 0 aliphatic carbocycles. The fourth-order valence-corrected chi connectivity index (χ4v) is 4.53. The second kappa shape index (κ2) is 17.5. The highest BCUT2D eigenvalue weighted by atomic mass is 16.7. The number of rotatable bonds is 17. The van der Waals surface area contributed by atoms with E-state index in [-0.39, 0.29) is 32.1 Å². The molecule has 256 valence electrons. The van der Waals surface area contributed by atoms with Crippen molar-refractivity contribution in [1.29, 1.82) is 0 Å². The largest absolute Gasteiger partial charge is 0.462 e. The summed E-state index contributed by atoms with van der Waals surface area (Å²) in [6.45, 7) is 8.51. The molecule has 0 saturated carbocycles. The summed E-state index contributed by atoms with van der Waals surface area (Å²) in [5.41, 5.74) is 0.784. The molecule has 3 amide bonds. The van der Waals surface area contributed by atoms with E-state index >= 15 is 0 Å². The van der Waals surface area contributed by atoms with Gasteiger partial charge in [0.1, 0.15) is 30.7 Å². The first-order valence-corrected chi connectivity index (χ1v) is 15.4. The Morgan fingerprint density at radius 3 is 2.30 bits per heavy atom. The number of hydrogen-bond acceptors (Lipinski definition) is 12. The number of aryl methyl sites for hydroxylation is 1. The third-order valence-electron chi connectivity index (χ3n) is 7.31. The number of esters is 1. The molecule has 4 N–H and O–H groups in total. The lowest BCUT2D eigenvalue weighted by atomic mass is 9.97. The van der Waals surface area contributed by atoms with Crippen LogP contribution in [-0.2, 0) is 51.2 Å². The van der Waals surface area contributed by atoms with Crippen LogP contribution in [0.15, 0.2) is 30.4 Å². The van der Waals surface area contributed by atoms with E-state index in [4.69, 9.17) is 23.7 Å². The van der Waals surface area contributed by atoms with Gasteiger partial charge in [-0.15, -0.1) is 0 Å². The maximum Gasteiger partial charge on any atom is 0.311 e. The first-order valence-electron chi connectivity index (χ1n) is 15.4. The monoisotopic (exact) mass is 650 g/mol. The van der Waals surface area contributed by atoms with E-state index in [0.29, 0.717) is 50.5 Å². The van der Waals surface area contributed by atoms with Crippen molar-refractivity contribution in [2.24, 2.45) is 5.41 Å². The Labute approximate surface area is 268 Å². The molecule has 2 aliphatic heterocycles. The standard InChI is InChI=1S/C32H46N2O12/c1-20-27(38)28(39)29(40)30(45-20)46-23-8-7-21(18-22(23)19-44-31(41)32(2,3)4)6-5-14-42-16-17-43-15-12-33-24(35)11-13-34-25(36)9-10-26(34)37/h7-10,18,20,27-30,38-40H,5-6,11-17,19H2,1-4H3,(H,33,35)/t20-,27-,28+,29-,30+/m1/s1. The number of imide groups is 1. The van der Waals surface area contributed by atoms with Crippen LogP contribution in [-0.4, -0.2) is 114 Å². The van der Waals surface area contributed by atoms with Gasteiger partial charge < -0.3 is 44.3 Å².